The molecule has 4 nitrogen and oxygen atoms in total. The quantitative estimate of drug-likeness (QED) is 0.723. The van der Waals surface area contributed by atoms with E-state index >= 15 is 0 Å². The van der Waals surface area contributed by atoms with E-state index in [1.165, 1.54) is 0 Å². The standard InChI is InChI=1S/C16H11BrN4/c17-14-3-6-16(12(7-14)8-18)21-10-13(9-20-21)11-1-4-15(19)5-2-11/h1-7,9-10H,19H2. The number of benzene rings is 2. The Labute approximate surface area is 130 Å². The van der Waals surface area contributed by atoms with Gasteiger partial charge in [-0.15, -0.1) is 0 Å². The van der Waals surface area contributed by atoms with Crippen molar-refractivity contribution in [1.82, 2.24) is 9.78 Å². The van der Waals surface area contributed by atoms with Crippen LogP contribution < -0.4 is 5.73 Å². The zero-order chi connectivity index (χ0) is 14.8. The van der Waals surface area contributed by atoms with Crippen molar-refractivity contribution in [3.8, 4) is 22.9 Å². The number of nitrogen functional groups attached to an aromatic ring is 1. The Balaban J connectivity index is 2.03. The third kappa shape index (κ3) is 2.67. The highest BCUT2D eigenvalue weighted by molar-refractivity contribution is 9.10. The summed E-state index contributed by atoms with van der Waals surface area (Å²) < 4.78 is 2.57. The lowest BCUT2D eigenvalue weighted by molar-refractivity contribution is 0.877. The first-order valence-electron chi connectivity index (χ1n) is 6.28. The smallest absolute Gasteiger partial charge is 0.101 e. The van der Waals surface area contributed by atoms with Crippen LogP contribution in [0.25, 0.3) is 16.8 Å². The van der Waals surface area contributed by atoms with Crippen molar-refractivity contribution in [3.05, 3.63) is 64.9 Å². The Bertz CT molecular complexity index is 828. The van der Waals surface area contributed by atoms with Crippen molar-refractivity contribution in [3.63, 3.8) is 0 Å². The van der Waals surface area contributed by atoms with E-state index < -0.39 is 0 Å². The van der Waals surface area contributed by atoms with E-state index in [0.717, 1.165) is 27.0 Å². The van der Waals surface area contributed by atoms with Crippen LogP contribution in [0, 0.1) is 11.3 Å². The van der Waals surface area contributed by atoms with Crippen LogP contribution in [0.15, 0.2) is 59.3 Å². The van der Waals surface area contributed by atoms with Gasteiger partial charge in [0.25, 0.3) is 0 Å². The van der Waals surface area contributed by atoms with Gasteiger partial charge in [-0.2, -0.15) is 10.4 Å². The molecule has 0 radical (unpaired) electrons. The van der Waals surface area contributed by atoms with Crippen LogP contribution in [0.2, 0.25) is 0 Å². The second-order valence-corrected chi connectivity index (χ2v) is 5.48. The Kier molecular flexibility index (Phi) is 3.46. The molecule has 0 aliphatic rings. The molecule has 0 atom stereocenters. The van der Waals surface area contributed by atoms with Crippen LogP contribution in [0.5, 0.6) is 0 Å². The molecule has 0 fully saturated rings. The van der Waals surface area contributed by atoms with Crippen LogP contribution in [0.3, 0.4) is 0 Å². The summed E-state index contributed by atoms with van der Waals surface area (Å²) in [5.41, 5.74) is 9.74. The van der Waals surface area contributed by atoms with Gasteiger partial charge in [0.1, 0.15) is 6.07 Å². The maximum atomic E-state index is 9.23. The number of anilines is 1. The molecule has 3 aromatic rings. The molecule has 0 saturated heterocycles. The fraction of sp³-hybridized carbons (Fsp3) is 0. The minimum atomic E-state index is 0.566. The Morgan fingerprint density at radius 3 is 2.57 bits per heavy atom. The van der Waals surface area contributed by atoms with Crippen molar-refractivity contribution in [1.29, 1.82) is 5.26 Å². The maximum Gasteiger partial charge on any atom is 0.101 e. The summed E-state index contributed by atoms with van der Waals surface area (Å²) in [6.07, 6.45) is 3.67. The molecule has 2 aromatic carbocycles. The number of nitriles is 1. The fourth-order valence-corrected chi connectivity index (χ4v) is 2.44. The van der Waals surface area contributed by atoms with E-state index in [9.17, 15) is 5.26 Å². The van der Waals surface area contributed by atoms with Crippen LogP contribution in [0.1, 0.15) is 5.56 Å². The van der Waals surface area contributed by atoms with Crippen LogP contribution in [-0.2, 0) is 0 Å². The predicted octanol–water partition coefficient (Wildman–Crippen LogP) is 3.76. The van der Waals surface area contributed by atoms with E-state index in [4.69, 9.17) is 5.73 Å². The molecule has 21 heavy (non-hydrogen) atoms. The predicted molar refractivity (Wildman–Crippen MR) is 85.8 cm³/mol. The minimum absolute atomic E-state index is 0.566. The zero-order valence-electron chi connectivity index (χ0n) is 11.0. The lowest BCUT2D eigenvalue weighted by Gasteiger charge is -2.04. The first-order chi connectivity index (χ1) is 10.2. The molecule has 2 N–H and O–H groups in total. The Hall–Kier alpha value is -2.58. The van der Waals surface area contributed by atoms with Gasteiger partial charge >= 0.3 is 0 Å². The van der Waals surface area contributed by atoms with Crippen molar-refractivity contribution in [2.24, 2.45) is 0 Å². The summed E-state index contributed by atoms with van der Waals surface area (Å²) in [5, 5.41) is 13.6. The summed E-state index contributed by atoms with van der Waals surface area (Å²) in [6, 6.07) is 15.3. The lowest BCUT2D eigenvalue weighted by atomic mass is 10.1. The highest BCUT2D eigenvalue weighted by Gasteiger charge is 2.08. The number of hydrogen-bond donors (Lipinski definition) is 1. The van der Waals surface area contributed by atoms with E-state index in [1.54, 1.807) is 16.9 Å². The third-order valence-electron chi connectivity index (χ3n) is 3.15. The molecule has 0 amide bonds. The van der Waals surface area contributed by atoms with E-state index in [1.807, 2.05) is 42.6 Å². The highest BCUT2D eigenvalue weighted by Crippen LogP contribution is 2.23. The largest absolute Gasteiger partial charge is 0.399 e. The normalized spacial score (nSPS) is 10.3. The van der Waals surface area contributed by atoms with Crippen molar-refractivity contribution < 1.29 is 0 Å². The van der Waals surface area contributed by atoms with Gasteiger partial charge in [0.2, 0.25) is 0 Å². The van der Waals surface area contributed by atoms with Gasteiger partial charge in [-0.1, -0.05) is 28.1 Å². The van der Waals surface area contributed by atoms with Gasteiger partial charge in [-0.05, 0) is 35.9 Å². The Morgan fingerprint density at radius 1 is 1.10 bits per heavy atom. The van der Waals surface area contributed by atoms with Crippen molar-refractivity contribution in [2.45, 2.75) is 0 Å². The zero-order valence-corrected chi connectivity index (χ0v) is 12.6. The molecule has 5 heteroatoms. The summed E-state index contributed by atoms with van der Waals surface area (Å²) in [6.45, 7) is 0. The van der Waals surface area contributed by atoms with Crippen molar-refractivity contribution >= 4 is 21.6 Å². The maximum absolute atomic E-state index is 9.23. The SMILES string of the molecule is N#Cc1cc(Br)ccc1-n1cc(-c2ccc(N)cc2)cn1. The summed E-state index contributed by atoms with van der Waals surface area (Å²) in [4.78, 5) is 0. The van der Waals surface area contributed by atoms with Gasteiger partial charge in [-0.3, -0.25) is 0 Å². The number of nitrogens with two attached hydrogens (primary N) is 1. The molecule has 0 bridgehead atoms. The monoisotopic (exact) mass is 338 g/mol. The average Bonchev–Trinajstić information content (AvgIpc) is 2.97. The van der Waals surface area contributed by atoms with E-state index in [2.05, 4.69) is 27.1 Å². The molecular weight excluding hydrogens is 328 g/mol. The number of rotatable bonds is 2. The molecule has 1 heterocycles. The van der Waals surface area contributed by atoms with Gasteiger partial charge in [0.15, 0.2) is 0 Å². The summed E-state index contributed by atoms with van der Waals surface area (Å²) in [7, 11) is 0. The first-order valence-corrected chi connectivity index (χ1v) is 7.07. The van der Waals surface area contributed by atoms with Gasteiger partial charge in [0.05, 0.1) is 17.4 Å². The highest BCUT2D eigenvalue weighted by atomic mass is 79.9. The third-order valence-corrected chi connectivity index (χ3v) is 3.65. The van der Waals surface area contributed by atoms with E-state index in [0.29, 0.717) is 5.56 Å². The topological polar surface area (TPSA) is 67.6 Å². The number of hydrogen-bond acceptors (Lipinski definition) is 3. The molecule has 1 aromatic heterocycles. The first kappa shape index (κ1) is 13.4. The molecule has 0 aliphatic carbocycles. The lowest BCUT2D eigenvalue weighted by Crippen LogP contribution is -1.97. The fourth-order valence-electron chi connectivity index (χ4n) is 2.08. The van der Waals surface area contributed by atoms with Crippen LogP contribution in [0.4, 0.5) is 5.69 Å². The molecule has 102 valence electrons. The average molecular weight is 339 g/mol. The summed E-state index contributed by atoms with van der Waals surface area (Å²) in [5.74, 6) is 0. The molecule has 3 rings (SSSR count). The molecule has 0 aliphatic heterocycles. The van der Waals surface area contributed by atoms with Gasteiger partial charge < -0.3 is 5.73 Å². The molecule has 0 saturated carbocycles. The second-order valence-electron chi connectivity index (χ2n) is 4.57. The Morgan fingerprint density at radius 2 is 1.86 bits per heavy atom. The molecular formula is C16H11BrN4. The summed E-state index contributed by atoms with van der Waals surface area (Å²) >= 11 is 3.37. The number of aromatic nitrogens is 2. The van der Waals surface area contributed by atoms with Crippen LogP contribution in [-0.4, -0.2) is 9.78 Å². The van der Waals surface area contributed by atoms with Crippen molar-refractivity contribution in [2.75, 3.05) is 5.73 Å². The van der Waals surface area contributed by atoms with Gasteiger partial charge in [-0.25, -0.2) is 4.68 Å². The van der Waals surface area contributed by atoms with Gasteiger partial charge in [0, 0.05) is 21.9 Å². The van der Waals surface area contributed by atoms with Crippen LogP contribution >= 0.6 is 15.9 Å². The molecule has 0 spiro atoms. The van der Waals surface area contributed by atoms with E-state index in [-0.39, 0.29) is 0 Å². The second kappa shape index (κ2) is 5.43. The number of nitrogens with zero attached hydrogens (tertiary/aromatic N) is 3. The minimum Gasteiger partial charge on any atom is -0.399 e. The molecule has 0 unspecified atom stereocenters. The number of halogens is 1.